The molecule has 0 aliphatic heterocycles. The van der Waals surface area contributed by atoms with Crippen LogP contribution in [0.5, 0.6) is 5.75 Å². The van der Waals surface area contributed by atoms with Gasteiger partial charge in [-0.25, -0.2) is 4.52 Å². The van der Waals surface area contributed by atoms with E-state index in [-0.39, 0.29) is 5.91 Å². The summed E-state index contributed by atoms with van der Waals surface area (Å²) in [6.45, 7) is 4.46. The minimum Gasteiger partial charge on any atom is -0.494 e. The number of aromatic nitrogens is 3. The summed E-state index contributed by atoms with van der Waals surface area (Å²) in [5.74, 6) is 0.956. The van der Waals surface area contributed by atoms with Crippen molar-refractivity contribution in [2.45, 2.75) is 26.7 Å². The molecule has 0 atom stereocenters. The highest BCUT2D eigenvalue weighted by Crippen LogP contribution is 2.21. The van der Waals surface area contributed by atoms with Crippen LogP contribution in [-0.2, 0) is 4.79 Å². The van der Waals surface area contributed by atoms with E-state index in [1.54, 1.807) is 40.1 Å². The van der Waals surface area contributed by atoms with Gasteiger partial charge in [-0.1, -0.05) is 22.9 Å². The molecule has 0 saturated heterocycles. The average Bonchev–Trinajstić information content (AvgIpc) is 3.05. The van der Waals surface area contributed by atoms with Crippen LogP contribution in [0.1, 0.15) is 23.4 Å². The Hall–Kier alpha value is -2.12. The number of anilines is 1. The van der Waals surface area contributed by atoms with Gasteiger partial charge in [-0.2, -0.15) is 4.98 Å². The first-order valence-corrected chi connectivity index (χ1v) is 8.73. The summed E-state index contributed by atoms with van der Waals surface area (Å²) < 4.78 is 7.30. The second-order valence-corrected chi connectivity index (χ2v) is 6.95. The number of carbonyl (C=O) groups is 1. The lowest BCUT2D eigenvalue weighted by Gasteiger charge is -2.05. The van der Waals surface area contributed by atoms with Crippen molar-refractivity contribution in [1.82, 2.24) is 14.6 Å². The van der Waals surface area contributed by atoms with Crippen LogP contribution >= 0.6 is 22.9 Å². The van der Waals surface area contributed by atoms with Gasteiger partial charge in [-0.05, 0) is 44.5 Å². The van der Waals surface area contributed by atoms with E-state index in [9.17, 15) is 4.79 Å². The maximum atomic E-state index is 11.9. The smallest absolute Gasteiger partial charge is 0.250 e. The molecule has 0 fully saturated rings. The maximum absolute atomic E-state index is 11.9. The van der Waals surface area contributed by atoms with Gasteiger partial charge in [0.15, 0.2) is 0 Å². The van der Waals surface area contributed by atoms with E-state index >= 15 is 0 Å². The number of nitrogens with one attached hydrogen (secondary N) is 1. The molecule has 1 amide bonds. The Bertz CT molecular complexity index is 857. The average molecular weight is 365 g/mol. The Kier molecular flexibility index (Phi) is 5.01. The van der Waals surface area contributed by atoms with Crippen molar-refractivity contribution < 1.29 is 9.53 Å². The standard InChI is InChI=1S/C16H17ClN4O2S/c1-10-11(2)24-16-19-15(20-21(10)16)18-14(22)4-3-9-23-13-7-5-12(17)6-8-13/h5-8H,3-4,9H2,1-2H3,(H,18,20,22). The van der Waals surface area contributed by atoms with Crippen molar-refractivity contribution in [1.29, 1.82) is 0 Å². The lowest BCUT2D eigenvalue weighted by molar-refractivity contribution is -0.116. The zero-order valence-corrected chi connectivity index (χ0v) is 14.9. The Morgan fingerprint density at radius 2 is 2.08 bits per heavy atom. The van der Waals surface area contributed by atoms with E-state index in [4.69, 9.17) is 16.3 Å². The second kappa shape index (κ2) is 7.19. The van der Waals surface area contributed by atoms with Crippen LogP contribution in [0.2, 0.25) is 5.02 Å². The lowest BCUT2D eigenvalue weighted by atomic mass is 10.3. The topological polar surface area (TPSA) is 68.5 Å². The predicted octanol–water partition coefficient (Wildman–Crippen LogP) is 3.86. The van der Waals surface area contributed by atoms with Crippen molar-refractivity contribution in [2.24, 2.45) is 0 Å². The molecule has 0 saturated carbocycles. The van der Waals surface area contributed by atoms with Gasteiger partial charge in [0.25, 0.3) is 0 Å². The zero-order valence-electron chi connectivity index (χ0n) is 13.4. The quantitative estimate of drug-likeness (QED) is 0.674. The molecule has 0 aliphatic rings. The lowest BCUT2D eigenvalue weighted by Crippen LogP contribution is -2.14. The van der Waals surface area contributed by atoms with E-state index in [1.807, 2.05) is 13.8 Å². The van der Waals surface area contributed by atoms with E-state index in [2.05, 4.69) is 15.4 Å². The van der Waals surface area contributed by atoms with Crippen molar-refractivity contribution in [3.8, 4) is 5.75 Å². The monoisotopic (exact) mass is 364 g/mol. The van der Waals surface area contributed by atoms with E-state index in [1.165, 1.54) is 4.88 Å². The summed E-state index contributed by atoms with van der Waals surface area (Å²) in [6.07, 6.45) is 0.952. The van der Waals surface area contributed by atoms with Gasteiger partial charge in [-0.3, -0.25) is 10.1 Å². The van der Waals surface area contributed by atoms with Gasteiger partial charge in [0.2, 0.25) is 16.8 Å². The molecule has 8 heteroatoms. The third kappa shape index (κ3) is 3.85. The van der Waals surface area contributed by atoms with Gasteiger partial charge in [-0.15, -0.1) is 5.10 Å². The summed E-state index contributed by atoms with van der Waals surface area (Å²) in [4.78, 5) is 18.2. The molecule has 0 bridgehead atoms. The molecule has 2 aromatic heterocycles. The number of amides is 1. The van der Waals surface area contributed by atoms with Gasteiger partial charge >= 0.3 is 0 Å². The minimum absolute atomic E-state index is 0.123. The molecule has 126 valence electrons. The first-order valence-electron chi connectivity index (χ1n) is 7.54. The predicted molar refractivity (Wildman–Crippen MR) is 95.1 cm³/mol. The van der Waals surface area contributed by atoms with Crippen LogP contribution in [0.15, 0.2) is 24.3 Å². The van der Waals surface area contributed by atoms with Crippen LogP contribution in [0.3, 0.4) is 0 Å². The molecule has 0 radical (unpaired) electrons. The van der Waals surface area contributed by atoms with Crippen LogP contribution in [0, 0.1) is 13.8 Å². The van der Waals surface area contributed by atoms with Gasteiger partial charge < -0.3 is 4.74 Å². The van der Waals surface area contributed by atoms with Crippen molar-refractivity contribution in [3.05, 3.63) is 39.9 Å². The Balaban J connectivity index is 1.45. The molecular formula is C16H17ClN4O2S. The van der Waals surface area contributed by atoms with Gasteiger partial charge in [0.1, 0.15) is 5.75 Å². The number of ether oxygens (including phenoxy) is 1. The first kappa shape index (κ1) is 16.7. The molecule has 6 nitrogen and oxygen atoms in total. The number of aryl methyl sites for hydroxylation is 2. The fraction of sp³-hybridized carbons (Fsp3) is 0.312. The van der Waals surface area contributed by atoms with Crippen molar-refractivity contribution in [3.63, 3.8) is 0 Å². The first-order chi connectivity index (χ1) is 11.5. The summed E-state index contributed by atoms with van der Waals surface area (Å²) in [5, 5.41) is 7.69. The number of hydrogen-bond acceptors (Lipinski definition) is 5. The summed E-state index contributed by atoms with van der Waals surface area (Å²) in [5.41, 5.74) is 1.04. The number of halogens is 1. The SMILES string of the molecule is Cc1sc2nc(NC(=O)CCCOc3ccc(Cl)cc3)nn2c1C. The van der Waals surface area contributed by atoms with Crippen molar-refractivity contribution >= 4 is 39.8 Å². The molecule has 1 N–H and O–H groups in total. The summed E-state index contributed by atoms with van der Waals surface area (Å²) >= 11 is 7.37. The number of carbonyl (C=O) groups excluding carboxylic acids is 1. The number of fused-ring (bicyclic) bond motifs is 1. The molecule has 2 heterocycles. The van der Waals surface area contributed by atoms with Crippen LogP contribution < -0.4 is 10.1 Å². The molecule has 3 rings (SSSR count). The van der Waals surface area contributed by atoms with Crippen molar-refractivity contribution in [2.75, 3.05) is 11.9 Å². The summed E-state index contributed by atoms with van der Waals surface area (Å²) in [7, 11) is 0. The number of benzene rings is 1. The Morgan fingerprint density at radius 1 is 1.33 bits per heavy atom. The molecule has 0 unspecified atom stereocenters. The minimum atomic E-state index is -0.123. The molecular weight excluding hydrogens is 348 g/mol. The largest absolute Gasteiger partial charge is 0.494 e. The van der Waals surface area contributed by atoms with Crippen LogP contribution in [0.4, 0.5) is 5.95 Å². The summed E-state index contributed by atoms with van der Waals surface area (Å²) in [6, 6.07) is 7.13. The molecule has 0 aliphatic carbocycles. The normalized spacial score (nSPS) is 11.0. The highest BCUT2D eigenvalue weighted by atomic mass is 35.5. The van der Waals surface area contributed by atoms with E-state index in [0.29, 0.717) is 30.4 Å². The highest BCUT2D eigenvalue weighted by molar-refractivity contribution is 7.17. The number of hydrogen-bond donors (Lipinski definition) is 1. The second-order valence-electron chi connectivity index (χ2n) is 5.33. The third-order valence-corrected chi connectivity index (χ3v) is 4.83. The fourth-order valence-electron chi connectivity index (χ4n) is 2.14. The van der Waals surface area contributed by atoms with E-state index in [0.717, 1.165) is 16.4 Å². The fourth-order valence-corrected chi connectivity index (χ4v) is 3.17. The Labute approximate surface area is 148 Å². The molecule has 0 spiro atoms. The zero-order chi connectivity index (χ0) is 17.1. The maximum Gasteiger partial charge on any atom is 0.250 e. The Morgan fingerprint density at radius 3 is 2.79 bits per heavy atom. The molecule has 24 heavy (non-hydrogen) atoms. The highest BCUT2D eigenvalue weighted by Gasteiger charge is 2.12. The molecule has 3 aromatic rings. The number of nitrogens with zero attached hydrogens (tertiary/aromatic N) is 3. The number of thiazole rings is 1. The van der Waals surface area contributed by atoms with Gasteiger partial charge in [0.05, 0.1) is 12.3 Å². The van der Waals surface area contributed by atoms with Crippen LogP contribution in [0.25, 0.3) is 4.96 Å². The van der Waals surface area contributed by atoms with E-state index < -0.39 is 0 Å². The molecule has 1 aromatic carbocycles. The van der Waals surface area contributed by atoms with Crippen LogP contribution in [-0.4, -0.2) is 27.1 Å². The third-order valence-electron chi connectivity index (χ3n) is 3.53. The van der Waals surface area contributed by atoms with Gasteiger partial charge in [0, 0.05) is 16.3 Å². The number of rotatable bonds is 6.